The summed E-state index contributed by atoms with van der Waals surface area (Å²) in [7, 11) is -3.40. The third-order valence-electron chi connectivity index (χ3n) is 3.40. The van der Waals surface area contributed by atoms with E-state index in [-0.39, 0.29) is 18.2 Å². The number of benzene rings is 1. The highest BCUT2D eigenvalue weighted by molar-refractivity contribution is 7.88. The zero-order chi connectivity index (χ0) is 15.3. The molecule has 1 heterocycles. The molecule has 116 valence electrons. The van der Waals surface area contributed by atoms with E-state index in [0.717, 1.165) is 19.4 Å². The van der Waals surface area contributed by atoms with Gasteiger partial charge in [0.05, 0.1) is 5.75 Å². The first-order valence-electron chi connectivity index (χ1n) is 6.96. The molecule has 2 rings (SSSR count). The molecule has 1 aromatic rings. The molecule has 1 amide bonds. The highest BCUT2D eigenvalue weighted by Crippen LogP contribution is 2.12. The molecule has 1 aliphatic rings. The van der Waals surface area contributed by atoms with Gasteiger partial charge in [0, 0.05) is 31.1 Å². The molecule has 0 bridgehead atoms. The molecule has 5 nitrogen and oxygen atoms in total. The average Bonchev–Trinajstić information content (AvgIpc) is 2.43. The van der Waals surface area contributed by atoms with Gasteiger partial charge in [0.15, 0.2) is 0 Å². The van der Waals surface area contributed by atoms with E-state index in [1.165, 1.54) is 0 Å². The molecule has 1 N–H and O–H groups in total. The first-order valence-corrected chi connectivity index (χ1v) is 8.99. The minimum Gasteiger partial charge on any atom is -0.341 e. The highest BCUT2D eigenvalue weighted by atomic mass is 35.5. The van der Waals surface area contributed by atoms with E-state index in [1.807, 2.05) is 0 Å². The van der Waals surface area contributed by atoms with Gasteiger partial charge in [-0.05, 0) is 30.5 Å². The number of halogens is 1. The Labute approximate surface area is 130 Å². The van der Waals surface area contributed by atoms with Crippen molar-refractivity contribution in [2.24, 2.45) is 0 Å². The van der Waals surface area contributed by atoms with E-state index in [4.69, 9.17) is 11.6 Å². The number of nitrogens with one attached hydrogen (secondary N) is 1. The second-order valence-corrected chi connectivity index (χ2v) is 7.36. The van der Waals surface area contributed by atoms with Crippen molar-refractivity contribution in [1.29, 1.82) is 0 Å². The lowest BCUT2D eigenvalue weighted by atomic mass is 10.1. The number of hydrogen-bond donors (Lipinski definition) is 1. The Morgan fingerprint density at radius 3 is 2.57 bits per heavy atom. The minimum atomic E-state index is -3.40. The Balaban J connectivity index is 1.81. The van der Waals surface area contributed by atoms with Gasteiger partial charge in [-0.15, -0.1) is 0 Å². The lowest BCUT2D eigenvalue weighted by molar-refractivity contribution is -0.133. The lowest BCUT2D eigenvalue weighted by Crippen LogP contribution is -2.41. The van der Waals surface area contributed by atoms with Crippen LogP contribution in [0.1, 0.15) is 24.8 Å². The van der Waals surface area contributed by atoms with Crippen molar-refractivity contribution in [2.75, 3.05) is 19.6 Å². The van der Waals surface area contributed by atoms with Gasteiger partial charge in [-0.2, -0.15) is 0 Å². The van der Waals surface area contributed by atoms with Crippen molar-refractivity contribution >= 4 is 27.5 Å². The van der Waals surface area contributed by atoms with Gasteiger partial charge in [0.1, 0.15) is 0 Å². The van der Waals surface area contributed by atoms with Crippen LogP contribution in [0.2, 0.25) is 5.02 Å². The summed E-state index contributed by atoms with van der Waals surface area (Å²) in [4.78, 5) is 13.3. The monoisotopic (exact) mass is 330 g/mol. The number of carbonyl (C=O) groups excluding carboxylic acids is 1. The summed E-state index contributed by atoms with van der Waals surface area (Å²) >= 11 is 5.76. The van der Waals surface area contributed by atoms with Crippen molar-refractivity contribution < 1.29 is 13.2 Å². The van der Waals surface area contributed by atoms with Crippen LogP contribution in [-0.4, -0.2) is 38.9 Å². The van der Waals surface area contributed by atoms with E-state index in [1.54, 1.807) is 29.2 Å². The van der Waals surface area contributed by atoms with E-state index in [2.05, 4.69) is 4.72 Å². The molecular weight excluding hydrogens is 312 g/mol. The summed E-state index contributed by atoms with van der Waals surface area (Å²) in [6.45, 7) is 1.40. The van der Waals surface area contributed by atoms with E-state index < -0.39 is 10.0 Å². The molecule has 1 saturated heterocycles. The Morgan fingerprint density at radius 1 is 1.19 bits per heavy atom. The Bertz CT molecular complexity index is 587. The van der Waals surface area contributed by atoms with Gasteiger partial charge >= 0.3 is 0 Å². The molecule has 0 aromatic heterocycles. The molecule has 0 aliphatic carbocycles. The first kappa shape index (κ1) is 16.3. The number of likely N-dealkylation sites (tertiary alicyclic amines) is 1. The Kier molecular flexibility index (Phi) is 5.61. The van der Waals surface area contributed by atoms with Crippen LogP contribution in [0, 0.1) is 0 Å². The van der Waals surface area contributed by atoms with Crippen LogP contribution >= 0.6 is 11.6 Å². The van der Waals surface area contributed by atoms with Crippen molar-refractivity contribution in [3.05, 3.63) is 34.9 Å². The van der Waals surface area contributed by atoms with Crippen molar-refractivity contribution in [1.82, 2.24) is 9.62 Å². The fraction of sp³-hybridized carbons (Fsp3) is 0.500. The average molecular weight is 331 g/mol. The number of amides is 1. The van der Waals surface area contributed by atoms with Crippen LogP contribution < -0.4 is 4.72 Å². The summed E-state index contributed by atoms with van der Waals surface area (Å²) < 4.78 is 26.5. The topological polar surface area (TPSA) is 66.5 Å². The van der Waals surface area contributed by atoms with Gasteiger partial charge < -0.3 is 4.90 Å². The Morgan fingerprint density at radius 2 is 1.90 bits per heavy atom. The lowest BCUT2D eigenvalue weighted by Gasteiger charge is -2.26. The van der Waals surface area contributed by atoms with E-state index in [9.17, 15) is 13.2 Å². The number of rotatable bonds is 6. The van der Waals surface area contributed by atoms with Crippen LogP contribution in [0.25, 0.3) is 0 Å². The van der Waals surface area contributed by atoms with Crippen LogP contribution in [0.4, 0.5) is 0 Å². The molecule has 7 heteroatoms. The zero-order valence-corrected chi connectivity index (χ0v) is 13.3. The van der Waals surface area contributed by atoms with Gasteiger partial charge in [-0.1, -0.05) is 23.7 Å². The largest absolute Gasteiger partial charge is 0.341 e. The zero-order valence-electron chi connectivity index (χ0n) is 11.7. The van der Waals surface area contributed by atoms with Crippen LogP contribution in [-0.2, 0) is 20.6 Å². The van der Waals surface area contributed by atoms with Crippen molar-refractivity contribution in [3.63, 3.8) is 0 Å². The maximum absolute atomic E-state index is 12.0. The summed E-state index contributed by atoms with van der Waals surface area (Å²) in [5, 5.41) is 0.577. The maximum atomic E-state index is 12.0. The van der Waals surface area contributed by atoms with Gasteiger partial charge in [-0.3, -0.25) is 4.79 Å². The van der Waals surface area contributed by atoms with E-state index in [0.29, 0.717) is 23.6 Å². The fourth-order valence-electron chi connectivity index (χ4n) is 2.29. The second-order valence-electron chi connectivity index (χ2n) is 5.12. The number of piperidine rings is 1. The van der Waals surface area contributed by atoms with Crippen molar-refractivity contribution in [2.45, 2.75) is 25.0 Å². The standard InChI is InChI=1S/C14H19ClN2O3S/c15-13-6-4-12(5-7-13)11-21(19,20)16-8-10-17-9-2-1-3-14(17)18/h4-7,16H,1-3,8-11H2. The van der Waals surface area contributed by atoms with Gasteiger partial charge in [-0.25, -0.2) is 13.1 Å². The number of nitrogens with zero attached hydrogens (tertiary/aromatic N) is 1. The fourth-order valence-corrected chi connectivity index (χ4v) is 3.55. The van der Waals surface area contributed by atoms with Gasteiger partial charge in [0.25, 0.3) is 0 Å². The number of carbonyl (C=O) groups is 1. The molecule has 0 unspecified atom stereocenters. The SMILES string of the molecule is O=C1CCCCN1CCNS(=O)(=O)Cc1ccc(Cl)cc1. The predicted molar refractivity (Wildman–Crippen MR) is 82.5 cm³/mol. The van der Waals surface area contributed by atoms with Crippen LogP contribution in [0.3, 0.4) is 0 Å². The number of hydrogen-bond acceptors (Lipinski definition) is 3. The summed E-state index contributed by atoms with van der Waals surface area (Å²) in [5.74, 6) is 0.0242. The molecule has 21 heavy (non-hydrogen) atoms. The maximum Gasteiger partial charge on any atom is 0.222 e. The summed E-state index contributed by atoms with van der Waals surface area (Å²) in [6.07, 6.45) is 2.48. The second kappa shape index (κ2) is 7.24. The molecule has 0 spiro atoms. The number of sulfonamides is 1. The molecule has 0 atom stereocenters. The summed E-state index contributed by atoms with van der Waals surface area (Å²) in [6, 6.07) is 6.71. The van der Waals surface area contributed by atoms with Crippen LogP contribution in [0.15, 0.2) is 24.3 Å². The van der Waals surface area contributed by atoms with Crippen LogP contribution in [0.5, 0.6) is 0 Å². The minimum absolute atomic E-state index is 0.0852. The molecule has 1 aromatic carbocycles. The first-order chi connectivity index (χ1) is 9.96. The summed E-state index contributed by atoms with van der Waals surface area (Å²) in [5.41, 5.74) is 0.681. The molecule has 0 radical (unpaired) electrons. The molecule has 0 saturated carbocycles. The normalized spacial score (nSPS) is 16.2. The quantitative estimate of drug-likeness (QED) is 0.864. The molecule has 1 aliphatic heterocycles. The third-order valence-corrected chi connectivity index (χ3v) is 5.00. The molecule has 1 fully saturated rings. The van der Waals surface area contributed by atoms with Crippen molar-refractivity contribution in [3.8, 4) is 0 Å². The third kappa shape index (κ3) is 5.30. The van der Waals surface area contributed by atoms with Gasteiger partial charge in [0.2, 0.25) is 15.9 Å². The predicted octanol–water partition coefficient (Wildman–Crippen LogP) is 1.77. The molecular formula is C14H19ClN2O3S. The Hall–Kier alpha value is -1.11. The smallest absolute Gasteiger partial charge is 0.222 e. The highest BCUT2D eigenvalue weighted by Gasteiger charge is 2.18. The van der Waals surface area contributed by atoms with E-state index >= 15 is 0 Å².